The average molecular weight is 903 g/mol. The van der Waals surface area contributed by atoms with E-state index < -0.39 is 5.41 Å². The van der Waals surface area contributed by atoms with Crippen molar-refractivity contribution in [3.8, 4) is 55.8 Å². The van der Waals surface area contributed by atoms with Gasteiger partial charge in [0.15, 0.2) is 0 Å². The molecule has 1 spiro atoms. The maximum absolute atomic E-state index is 6.23. The number of furan rings is 1. The predicted octanol–water partition coefficient (Wildman–Crippen LogP) is 18.1. The van der Waals surface area contributed by atoms with E-state index in [-0.39, 0.29) is 0 Å². The van der Waals surface area contributed by atoms with Gasteiger partial charge < -0.3 is 9.32 Å². The van der Waals surface area contributed by atoms with Gasteiger partial charge in [0.2, 0.25) is 0 Å². The van der Waals surface area contributed by atoms with E-state index in [1.54, 1.807) is 0 Å². The van der Waals surface area contributed by atoms with Crippen LogP contribution >= 0.6 is 0 Å². The number of anilines is 3. The summed E-state index contributed by atoms with van der Waals surface area (Å²) in [6.07, 6.45) is 2.08. The zero-order valence-electron chi connectivity index (χ0n) is 38.6. The zero-order valence-corrected chi connectivity index (χ0v) is 38.6. The van der Waals surface area contributed by atoms with Crippen LogP contribution in [0.5, 0.6) is 0 Å². The molecule has 15 rings (SSSR count). The summed E-state index contributed by atoms with van der Waals surface area (Å²) in [4.78, 5) is 7.75. The molecule has 0 unspecified atom stereocenters. The largest absolute Gasteiger partial charge is 0.456 e. The highest BCUT2D eigenvalue weighted by molar-refractivity contribution is 6.22. The lowest BCUT2D eigenvalue weighted by Gasteiger charge is -2.45. The molecule has 11 aromatic carbocycles. The van der Waals surface area contributed by atoms with Gasteiger partial charge in [-0.25, -0.2) is 0 Å². The summed E-state index contributed by atoms with van der Waals surface area (Å²) in [7, 11) is 0. The van der Waals surface area contributed by atoms with Gasteiger partial charge in [0.1, 0.15) is 11.2 Å². The van der Waals surface area contributed by atoms with E-state index in [2.05, 4.69) is 248 Å². The number of hydrogen-bond acceptors (Lipinski definition) is 3. The molecule has 1 aliphatic heterocycles. The second-order valence-electron chi connectivity index (χ2n) is 18.9. The number of benzene rings is 11. The number of pyridine rings is 1. The van der Waals surface area contributed by atoms with E-state index >= 15 is 0 Å². The van der Waals surface area contributed by atoms with E-state index in [0.29, 0.717) is 0 Å². The van der Waals surface area contributed by atoms with Crippen LogP contribution in [0.3, 0.4) is 0 Å². The third-order valence-corrected chi connectivity index (χ3v) is 15.3. The Labute approximate surface area is 411 Å². The topological polar surface area (TPSA) is 29.3 Å². The molecule has 3 nitrogen and oxygen atoms in total. The molecule has 0 bridgehead atoms. The maximum atomic E-state index is 6.23. The summed E-state index contributed by atoms with van der Waals surface area (Å²) >= 11 is 0. The van der Waals surface area contributed by atoms with E-state index in [1.807, 2.05) is 12.1 Å². The quantitative estimate of drug-likeness (QED) is 0.161. The molecule has 0 fully saturated rings. The van der Waals surface area contributed by atoms with Crippen LogP contribution in [0, 0.1) is 0 Å². The Balaban J connectivity index is 0.880. The van der Waals surface area contributed by atoms with Crippen LogP contribution < -0.4 is 4.90 Å². The molecular weight excluding hydrogens is 861 g/mol. The van der Waals surface area contributed by atoms with Crippen LogP contribution in [0.1, 0.15) is 22.3 Å². The molecule has 13 aromatic rings. The van der Waals surface area contributed by atoms with Crippen molar-refractivity contribution < 1.29 is 4.42 Å². The molecule has 0 radical (unpaired) electrons. The highest BCUT2D eigenvalue weighted by Gasteiger charge is 2.51. The van der Waals surface area contributed by atoms with Crippen molar-refractivity contribution >= 4 is 60.5 Å². The van der Waals surface area contributed by atoms with Gasteiger partial charge in [-0.2, -0.15) is 0 Å². The van der Waals surface area contributed by atoms with Crippen molar-refractivity contribution in [2.24, 2.45) is 0 Å². The van der Waals surface area contributed by atoms with Gasteiger partial charge >= 0.3 is 0 Å². The molecule has 1 aliphatic carbocycles. The highest BCUT2D eigenvalue weighted by Crippen LogP contribution is 2.63. The van der Waals surface area contributed by atoms with Crippen LogP contribution in [0.25, 0.3) is 99.2 Å². The van der Waals surface area contributed by atoms with Gasteiger partial charge in [0, 0.05) is 33.8 Å². The molecule has 3 heterocycles. The van der Waals surface area contributed by atoms with Crippen molar-refractivity contribution in [1.82, 2.24) is 4.98 Å². The third kappa shape index (κ3) is 5.75. The molecule has 2 aromatic heterocycles. The SMILES string of the molecule is c1ccc(-c2c3ccccc3c(-c3ccc(-c4ccc5c(c4)-c4ccccc4C54c5ccccc5N(c5ccccc5)c5ccccc54)nc3)c3ccc(-c4ccc5oc6ccccc6c5c4)cc23)cc1. The molecule has 71 heavy (non-hydrogen) atoms. The molecule has 0 amide bonds. The lowest BCUT2D eigenvalue weighted by molar-refractivity contribution is 0.669. The molecule has 2 aliphatic rings. The highest BCUT2D eigenvalue weighted by atomic mass is 16.3. The Bertz CT molecular complexity index is 4240. The van der Waals surface area contributed by atoms with E-state index in [9.17, 15) is 0 Å². The number of hydrogen-bond donors (Lipinski definition) is 0. The first-order valence-electron chi connectivity index (χ1n) is 24.4. The van der Waals surface area contributed by atoms with E-state index in [0.717, 1.165) is 55.6 Å². The predicted molar refractivity (Wildman–Crippen MR) is 294 cm³/mol. The van der Waals surface area contributed by atoms with Gasteiger partial charge in [-0.05, 0) is 143 Å². The van der Waals surface area contributed by atoms with Crippen LogP contribution in [-0.4, -0.2) is 4.98 Å². The van der Waals surface area contributed by atoms with Crippen molar-refractivity contribution in [3.63, 3.8) is 0 Å². The Morgan fingerprint density at radius 3 is 1.59 bits per heavy atom. The summed E-state index contributed by atoms with van der Waals surface area (Å²) in [5.74, 6) is 0. The Hall–Kier alpha value is -9.31. The van der Waals surface area contributed by atoms with Gasteiger partial charge in [-0.1, -0.05) is 188 Å². The maximum Gasteiger partial charge on any atom is 0.135 e. The summed E-state index contributed by atoms with van der Waals surface area (Å²) < 4.78 is 6.23. The number of nitrogens with zero attached hydrogens (tertiary/aromatic N) is 2. The van der Waals surface area contributed by atoms with Crippen molar-refractivity contribution in [2.75, 3.05) is 4.90 Å². The minimum absolute atomic E-state index is 0.505. The summed E-state index contributed by atoms with van der Waals surface area (Å²) in [5, 5.41) is 7.05. The first kappa shape index (κ1) is 39.7. The van der Waals surface area contributed by atoms with Crippen LogP contribution in [0.4, 0.5) is 17.1 Å². The van der Waals surface area contributed by atoms with Crippen LogP contribution in [0.15, 0.2) is 259 Å². The molecule has 0 saturated carbocycles. The molecule has 0 N–H and O–H groups in total. The van der Waals surface area contributed by atoms with Gasteiger partial charge in [0.25, 0.3) is 0 Å². The van der Waals surface area contributed by atoms with Gasteiger partial charge in [-0.3, -0.25) is 4.98 Å². The average Bonchev–Trinajstić information content (AvgIpc) is 3.97. The monoisotopic (exact) mass is 902 g/mol. The fourth-order valence-corrected chi connectivity index (χ4v) is 12.3. The first-order chi connectivity index (χ1) is 35.2. The van der Waals surface area contributed by atoms with Gasteiger partial charge in [0.05, 0.1) is 22.5 Å². The molecule has 0 saturated heterocycles. The van der Waals surface area contributed by atoms with Crippen molar-refractivity contribution in [2.45, 2.75) is 5.41 Å². The Morgan fingerprint density at radius 2 is 0.859 bits per heavy atom. The zero-order chi connectivity index (χ0) is 46.6. The molecule has 0 atom stereocenters. The number of aromatic nitrogens is 1. The smallest absolute Gasteiger partial charge is 0.135 e. The first-order valence-corrected chi connectivity index (χ1v) is 24.4. The standard InChI is InChI=1S/C68H42N2O/c1-3-17-43(18-4-1)66-51-23-7-8-24-52(51)67(53-35-31-44(40-56(53)66)45-34-38-65-55(39-45)50-22-10-16-30-64(50)71-65)47-33-37-61(69-42-47)46-32-36-58-54(41-46)49-21-9-11-25-57(49)68(58)59-26-12-14-28-62(59)70(48-19-5-2-6-20-48)63-29-15-13-27-60(63)68/h1-42H. The second kappa shape index (κ2) is 15.3. The number of rotatable bonds is 5. The Morgan fingerprint density at radius 1 is 0.324 bits per heavy atom. The lowest BCUT2D eigenvalue weighted by atomic mass is 9.64. The Kier molecular flexibility index (Phi) is 8.57. The van der Waals surface area contributed by atoms with Crippen LogP contribution in [0.2, 0.25) is 0 Å². The van der Waals surface area contributed by atoms with E-state index in [1.165, 1.54) is 83.0 Å². The van der Waals surface area contributed by atoms with Gasteiger partial charge in [-0.15, -0.1) is 0 Å². The molecular formula is C68H42N2O. The van der Waals surface area contributed by atoms with E-state index in [4.69, 9.17) is 9.40 Å². The lowest BCUT2D eigenvalue weighted by Crippen LogP contribution is -2.36. The fraction of sp³-hybridized carbons (Fsp3) is 0.0147. The fourth-order valence-electron chi connectivity index (χ4n) is 12.3. The minimum atomic E-state index is -0.505. The molecule has 3 heteroatoms. The third-order valence-electron chi connectivity index (χ3n) is 15.3. The second-order valence-corrected chi connectivity index (χ2v) is 18.9. The summed E-state index contributed by atoms with van der Waals surface area (Å²) in [5.41, 5.74) is 21.5. The number of fused-ring (bicyclic) bond motifs is 14. The number of para-hydroxylation sites is 4. The van der Waals surface area contributed by atoms with Crippen molar-refractivity contribution in [1.29, 1.82) is 0 Å². The normalized spacial score (nSPS) is 13.2. The molecule has 330 valence electrons. The summed E-state index contributed by atoms with van der Waals surface area (Å²) in [6, 6.07) is 90.8. The summed E-state index contributed by atoms with van der Waals surface area (Å²) in [6.45, 7) is 0. The van der Waals surface area contributed by atoms with Crippen molar-refractivity contribution in [3.05, 3.63) is 277 Å². The van der Waals surface area contributed by atoms with Crippen LogP contribution in [-0.2, 0) is 5.41 Å². The minimum Gasteiger partial charge on any atom is -0.456 e.